The lowest BCUT2D eigenvalue weighted by Gasteiger charge is -2.32. The Hall–Kier alpha value is -3.07. The lowest BCUT2D eigenvalue weighted by atomic mass is 9.87. The van der Waals surface area contributed by atoms with Gasteiger partial charge < -0.3 is 19.5 Å². The molecule has 0 spiro atoms. The molecule has 9 heteroatoms. The lowest BCUT2D eigenvalue weighted by molar-refractivity contribution is 0.0702. The average Bonchev–Trinajstić information content (AvgIpc) is 3.59. The summed E-state index contributed by atoms with van der Waals surface area (Å²) >= 11 is 0. The van der Waals surface area contributed by atoms with Crippen LogP contribution in [-0.2, 0) is 0 Å². The highest BCUT2D eigenvalue weighted by Crippen LogP contribution is 2.38. The Labute approximate surface area is 213 Å². The lowest BCUT2D eigenvalue weighted by Crippen LogP contribution is -2.39. The van der Waals surface area contributed by atoms with Gasteiger partial charge in [0, 0.05) is 47.8 Å². The minimum Gasteiger partial charge on any atom is -0.490 e. The second-order valence-corrected chi connectivity index (χ2v) is 10.7. The molecule has 0 atom stereocenters. The summed E-state index contributed by atoms with van der Waals surface area (Å²) in [6.45, 7) is 2.63. The van der Waals surface area contributed by atoms with E-state index in [1.54, 1.807) is 0 Å². The van der Waals surface area contributed by atoms with E-state index in [4.69, 9.17) is 4.74 Å². The minimum absolute atomic E-state index is 0.0000892. The van der Waals surface area contributed by atoms with Gasteiger partial charge in [-0.25, -0.2) is 18.2 Å². The van der Waals surface area contributed by atoms with E-state index >= 15 is 4.39 Å². The maximum absolute atomic E-state index is 15.1. The fourth-order valence-electron chi connectivity index (χ4n) is 5.77. The van der Waals surface area contributed by atoms with E-state index in [2.05, 4.69) is 21.9 Å². The number of carbonyl (C=O) groups excluding carboxylic acids is 1. The van der Waals surface area contributed by atoms with Crippen molar-refractivity contribution in [3.8, 4) is 5.75 Å². The number of aromatic nitrogens is 2. The van der Waals surface area contributed by atoms with Crippen molar-refractivity contribution >= 4 is 16.9 Å². The second kappa shape index (κ2) is 9.67. The van der Waals surface area contributed by atoms with Crippen LogP contribution in [0.2, 0.25) is 0 Å². The van der Waals surface area contributed by atoms with E-state index in [-0.39, 0.29) is 36.7 Å². The van der Waals surface area contributed by atoms with E-state index in [0.29, 0.717) is 30.0 Å². The van der Waals surface area contributed by atoms with Gasteiger partial charge in [0.1, 0.15) is 34.4 Å². The maximum Gasteiger partial charge on any atom is 0.259 e. The van der Waals surface area contributed by atoms with E-state index in [9.17, 15) is 13.6 Å². The zero-order chi connectivity index (χ0) is 25.7. The summed E-state index contributed by atoms with van der Waals surface area (Å²) in [7, 11) is 2.12. The number of halogens is 3. The third-order valence-corrected chi connectivity index (χ3v) is 8.08. The molecule has 0 unspecified atom stereocenters. The number of hydrogen-bond acceptors (Lipinski definition) is 4. The summed E-state index contributed by atoms with van der Waals surface area (Å²) in [6, 6.07) is 4.21. The molecular weight excluding hydrogens is 481 g/mol. The van der Waals surface area contributed by atoms with Gasteiger partial charge in [-0.1, -0.05) is 0 Å². The number of H-pyrrole nitrogens is 1. The Balaban J connectivity index is 1.18. The number of nitrogens with zero attached hydrogens (tertiary/aromatic N) is 3. The van der Waals surface area contributed by atoms with Crippen molar-refractivity contribution < 1.29 is 22.7 Å². The summed E-state index contributed by atoms with van der Waals surface area (Å²) in [5, 5.41) is 0.794. The molecule has 1 saturated carbocycles. The second-order valence-electron chi connectivity index (χ2n) is 10.7. The van der Waals surface area contributed by atoms with Crippen molar-refractivity contribution in [1.82, 2.24) is 19.8 Å². The SMILES string of the molecule is CN1CCC(c2cc3c(C4CCN(C(=O)c5c(F)cc(OC6CC6)cc5F)CC4)c(F)cnc3[nH]2)CC1. The van der Waals surface area contributed by atoms with Crippen LogP contribution in [-0.4, -0.2) is 65.0 Å². The molecule has 1 N–H and O–H groups in total. The number of ether oxygens (including phenoxy) is 1. The number of benzene rings is 1. The fourth-order valence-corrected chi connectivity index (χ4v) is 5.77. The number of nitrogens with one attached hydrogen (secondary N) is 1. The van der Waals surface area contributed by atoms with Gasteiger partial charge in [-0.3, -0.25) is 4.79 Å². The van der Waals surface area contributed by atoms with Crippen LogP contribution >= 0.6 is 0 Å². The quantitative estimate of drug-likeness (QED) is 0.501. The smallest absolute Gasteiger partial charge is 0.259 e. The number of carbonyl (C=O) groups is 1. The van der Waals surface area contributed by atoms with E-state index in [0.717, 1.165) is 62.0 Å². The number of rotatable bonds is 5. The van der Waals surface area contributed by atoms with Crippen LogP contribution in [0, 0.1) is 17.5 Å². The van der Waals surface area contributed by atoms with Crippen molar-refractivity contribution in [2.24, 2.45) is 0 Å². The highest BCUT2D eigenvalue weighted by molar-refractivity contribution is 5.95. The van der Waals surface area contributed by atoms with Crippen LogP contribution in [0.15, 0.2) is 24.4 Å². The summed E-state index contributed by atoms with van der Waals surface area (Å²) < 4.78 is 50.0. The Kier molecular flexibility index (Phi) is 6.34. The maximum atomic E-state index is 15.1. The molecule has 2 saturated heterocycles. The molecule has 3 fully saturated rings. The van der Waals surface area contributed by atoms with Crippen molar-refractivity contribution in [1.29, 1.82) is 0 Å². The standard InChI is InChI=1S/C28H31F3N4O2/c1-34-8-4-16(5-9-34)24-14-20-25(23(31)15-32-27(20)33-24)17-6-10-35(11-7-17)28(36)26-21(29)12-19(13-22(26)30)37-18-2-3-18/h12-18H,2-11H2,1H3,(H,32,33). The summed E-state index contributed by atoms with van der Waals surface area (Å²) in [5.74, 6) is -2.48. The predicted molar refractivity (Wildman–Crippen MR) is 133 cm³/mol. The summed E-state index contributed by atoms with van der Waals surface area (Å²) in [6.07, 6.45) is 6.09. The number of pyridine rings is 1. The molecule has 37 heavy (non-hydrogen) atoms. The van der Waals surface area contributed by atoms with Crippen molar-refractivity contribution in [2.75, 3.05) is 33.2 Å². The molecule has 1 aromatic carbocycles. The third kappa shape index (κ3) is 4.81. The van der Waals surface area contributed by atoms with Crippen LogP contribution in [0.3, 0.4) is 0 Å². The summed E-state index contributed by atoms with van der Waals surface area (Å²) in [4.78, 5) is 24.5. The van der Waals surface area contributed by atoms with E-state index in [1.807, 2.05) is 6.07 Å². The monoisotopic (exact) mass is 512 g/mol. The zero-order valence-electron chi connectivity index (χ0n) is 20.9. The predicted octanol–water partition coefficient (Wildman–Crippen LogP) is 5.35. The molecular formula is C28H31F3N4O2. The first-order valence-electron chi connectivity index (χ1n) is 13.2. The van der Waals surface area contributed by atoms with Gasteiger partial charge in [-0.05, 0) is 70.6 Å². The molecule has 1 aliphatic carbocycles. The van der Waals surface area contributed by atoms with Gasteiger partial charge in [0.15, 0.2) is 0 Å². The highest BCUT2D eigenvalue weighted by Gasteiger charge is 2.32. The Morgan fingerprint density at radius 1 is 0.919 bits per heavy atom. The molecule has 0 radical (unpaired) electrons. The first-order chi connectivity index (χ1) is 17.9. The molecule has 6 nitrogen and oxygen atoms in total. The van der Waals surface area contributed by atoms with Crippen LogP contribution in [0.1, 0.15) is 72.0 Å². The van der Waals surface area contributed by atoms with Crippen molar-refractivity contribution in [2.45, 2.75) is 56.5 Å². The van der Waals surface area contributed by atoms with Gasteiger partial charge in [0.25, 0.3) is 5.91 Å². The van der Waals surface area contributed by atoms with Gasteiger partial charge in [0.05, 0.1) is 12.3 Å². The zero-order valence-corrected chi connectivity index (χ0v) is 20.9. The minimum atomic E-state index is -0.918. The number of piperidine rings is 2. The Bertz CT molecular complexity index is 1300. The molecule has 3 aliphatic rings. The van der Waals surface area contributed by atoms with Crippen LogP contribution < -0.4 is 4.74 Å². The molecule has 1 amide bonds. The molecule has 2 aromatic heterocycles. The third-order valence-electron chi connectivity index (χ3n) is 8.08. The normalized spacial score (nSPS) is 20.1. The molecule has 4 heterocycles. The van der Waals surface area contributed by atoms with Gasteiger partial charge in [0.2, 0.25) is 0 Å². The largest absolute Gasteiger partial charge is 0.490 e. The van der Waals surface area contributed by atoms with Crippen LogP contribution in [0.25, 0.3) is 11.0 Å². The highest BCUT2D eigenvalue weighted by atomic mass is 19.1. The van der Waals surface area contributed by atoms with E-state index < -0.39 is 23.1 Å². The van der Waals surface area contributed by atoms with Gasteiger partial charge in [-0.15, -0.1) is 0 Å². The summed E-state index contributed by atoms with van der Waals surface area (Å²) in [5.41, 5.74) is 1.83. The van der Waals surface area contributed by atoms with Gasteiger partial charge in [-0.2, -0.15) is 0 Å². The number of likely N-dealkylation sites (tertiary alicyclic amines) is 2. The number of fused-ring (bicyclic) bond motifs is 1. The molecule has 2 aliphatic heterocycles. The average molecular weight is 513 g/mol. The van der Waals surface area contributed by atoms with E-state index in [1.165, 1.54) is 11.1 Å². The van der Waals surface area contributed by atoms with Crippen molar-refractivity contribution in [3.63, 3.8) is 0 Å². The number of amides is 1. The van der Waals surface area contributed by atoms with Crippen LogP contribution in [0.4, 0.5) is 13.2 Å². The van der Waals surface area contributed by atoms with Crippen LogP contribution in [0.5, 0.6) is 5.75 Å². The Morgan fingerprint density at radius 3 is 2.22 bits per heavy atom. The molecule has 6 rings (SSSR count). The van der Waals surface area contributed by atoms with Crippen molar-refractivity contribution in [3.05, 3.63) is 58.7 Å². The molecule has 196 valence electrons. The van der Waals surface area contributed by atoms with Gasteiger partial charge >= 0.3 is 0 Å². The molecule has 0 bridgehead atoms. The fraction of sp³-hybridized carbons (Fsp3) is 0.500. The number of hydrogen-bond donors (Lipinski definition) is 1. The Morgan fingerprint density at radius 2 is 1.57 bits per heavy atom. The molecule has 3 aromatic rings. The first kappa shape index (κ1) is 24.3. The topological polar surface area (TPSA) is 61.5 Å². The first-order valence-corrected chi connectivity index (χ1v) is 13.2. The number of aromatic amines is 1.